The number of halogens is 1. The number of carbonyl (C=O) groups excluding carboxylic acids is 1. The number of hydrogen-bond donors (Lipinski definition) is 0. The summed E-state index contributed by atoms with van der Waals surface area (Å²) in [5.74, 6) is 0.216. The minimum absolute atomic E-state index is 0.0484. The summed E-state index contributed by atoms with van der Waals surface area (Å²) in [7, 11) is 1.85. The van der Waals surface area contributed by atoms with Crippen molar-refractivity contribution in [3.05, 3.63) is 59.3 Å². The fourth-order valence-corrected chi connectivity index (χ4v) is 3.85. The summed E-state index contributed by atoms with van der Waals surface area (Å²) in [6.45, 7) is 2.51. The molecule has 0 aliphatic carbocycles. The highest BCUT2D eigenvalue weighted by atomic mass is 19.1. The van der Waals surface area contributed by atoms with Crippen LogP contribution in [0.25, 0.3) is 11.3 Å². The molecular weight excluding hydrogens is 359 g/mol. The first-order valence-electron chi connectivity index (χ1n) is 9.53. The molecule has 3 heterocycles. The monoisotopic (exact) mass is 382 g/mol. The van der Waals surface area contributed by atoms with E-state index in [-0.39, 0.29) is 24.2 Å². The van der Waals surface area contributed by atoms with Crippen molar-refractivity contribution in [3.63, 3.8) is 0 Å². The lowest BCUT2D eigenvalue weighted by atomic mass is 9.95. The molecule has 1 atom stereocenters. The maximum absolute atomic E-state index is 14.0. The van der Waals surface area contributed by atoms with Gasteiger partial charge in [0.15, 0.2) is 5.76 Å². The third-order valence-electron chi connectivity index (χ3n) is 5.19. The van der Waals surface area contributed by atoms with Gasteiger partial charge in [-0.25, -0.2) is 4.39 Å². The lowest BCUT2D eigenvalue weighted by molar-refractivity contribution is -0.134. The minimum Gasteiger partial charge on any atom is -0.356 e. The normalized spacial score (nSPS) is 17.1. The molecule has 1 unspecified atom stereocenters. The third kappa shape index (κ3) is 3.56. The van der Waals surface area contributed by atoms with Crippen LogP contribution in [0.3, 0.4) is 0 Å². The average Bonchev–Trinajstić information content (AvgIpc) is 3.29. The molecule has 1 amide bonds. The Balaban J connectivity index is 1.65. The molecule has 6 nitrogen and oxygen atoms in total. The zero-order chi connectivity index (χ0) is 19.7. The molecule has 7 heteroatoms. The van der Waals surface area contributed by atoms with Crippen LogP contribution in [0.15, 0.2) is 41.1 Å². The lowest BCUT2D eigenvalue weighted by Gasteiger charge is -2.35. The molecule has 3 aromatic rings. The Hall–Kier alpha value is -2.96. The molecule has 1 aromatic carbocycles. The van der Waals surface area contributed by atoms with E-state index in [4.69, 9.17) is 4.52 Å². The average molecular weight is 382 g/mol. The molecule has 0 spiro atoms. The van der Waals surface area contributed by atoms with E-state index in [0.717, 1.165) is 36.2 Å². The molecule has 0 saturated carbocycles. The van der Waals surface area contributed by atoms with Crippen molar-refractivity contribution < 1.29 is 13.7 Å². The predicted molar refractivity (Wildman–Crippen MR) is 102 cm³/mol. The van der Waals surface area contributed by atoms with Crippen molar-refractivity contribution in [3.8, 4) is 11.3 Å². The van der Waals surface area contributed by atoms with Crippen LogP contribution in [-0.2, 0) is 18.3 Å². The summed E-state index contributed by atoms with van der Waals surface area (Å²) in [6.07, 6.45) is 4.71. The van der Waals surface area contributed by atoms with Crippen molar-refractivity contribution in [1.82, 2.24) is 19.8 Å². The van der Waals surface area contributed by atoms with Gasteiger partial charge >= 0.3 is 0 Å². The number of benzene rings is 1. The second-order valence-corrected chi connectivity index (χ2v) is 7.30. The van der Waals surface area contributed by atoms with E-state index in [2.05, 4.69) is 10.3 Å². The van der Waals surface area contributed by atoms with Crippen LogP contribution in [0.4, 0.5) is 4.39 Å². The first-order valence-corrected chi connectivity index (χ1v) is 9.53. The second kappa shape index (κ2) is 7.58. The first kappa shape index (κ1) is 18.4. The van der Waals surface area contributed by atoms with E-state index in [1.54, 1.807) is 22.9 Å². The van der Waals surface area contributed by atoms with E-state index in [0.29, 0.717) is 17.9 Å². The second-order valence-electron chi connectivity index (χ2n) is 7.30. The van der Waals surface area contributed by atoms with Crippen LogP contribution in [0.1, 0.15) is 42.3 Å². The Labute approximate surface area is 162 Å². The number of hydrogen-bond acceptors (Lipinski definition) is 4. The predicted octanol–water partition coefficient (Wildman–Crippen LogP) is 3.82. The smallest absolute Gasteiger partial charge is 0.227 e. The molecule has 1 aliphatic rings. The van der Waals surface area contributed by atoms with Gasteiger partial charge in [0.05, 0.1) is 29.4 Å². The van der Waals surface area contributed by atoms with E-state index in [9.17, 15) is 9.18 Å². The molecule has 0 bridgehead atoms. The Kier molecular flexibility index (Phi) is 4.98. The molecule has 4 rings (SSSR count). The Morgan fingerprint density at radius 3 is 2.89 bits per heavy atom. The number of rotatable bonds is 4. The van der Waals surface area contributed by atoms with Gasteiger partial charge in [-0.15, -0.1) is 0 Å². The minimum atomic E-state index is -0.347. The van der Waals surface area contributed by atoms with Gasteiger partial charge in [-0.05, 0) is 37.8 Å². The summed E-state index contributed by atoms with van der Waals surface area (Å²) in [5.41, 5.74) is 2.86. The zero-order valence-electron chi connectivity index (χ0n) is 16.1. The maximum Gasteiger partial charge on any atom is 0.227 e. The van der Waals surface area contributed by atoms with Gasteiger partial charge < -0.3 is 9.42 Å². The van der Waals surface area contributed by atoms with E-state index in [1.807, 2.05) is 31.1 Å². The third-order valence-corrected chi connectivity index (χ3v) is 5.19. The van der Waals surface area contributed by atoms with Crippen molar-refractivity contribution in [2.45, 2.75) is 38.6 Å². The summed E-state index contributed by atoms with van der Waals surface area (Å²) in [4.78, 5) is 14.9. The highest BCUT2D eigenvalue weighted by molar-refractivity contribution is 5.79. The van der Waals surface area contributed by atoms with Gasteiger partial charge in [-0.2, -0.15) is 5.10 Å². The molecule has 1 fully saturated rings. The van der Waals surface area contributed by atoms with Crippen molar-refractivity contribution in [1.29, 1.82) is 0 Å². The topological polar surface area (TPSA) is 64.2 Å². The largest absolute Gasteiger partial charge is 0.356 e. The van der Waals surface area contributed by atoms with E-state index in [1.165, 1.54) is 6.07 Å². The van der Waals surface area contributed by atoms with E-state index < -0.39 is 0 Å². The molecule has 2 aromatic heterocycles. The van der Waals surface area contributed by atoms with E-state index >= 15 is 0 Å². The maximum atomic E-state index is 14.0. The Bertz CT molecular complexity index is 994. The van der Waals surface area contributed by atoms with Crippen LogP contribution in [-0.4, -0.2) is 32.3 Å². The zero-order valence-corrected chi connectivity index (χ0v) is 16.1. The van der Waals surface area contributed by atoms with Crippen LogP contribution < -0.4 is 0 Å². The molecule has 0 radical (unpaired) electrons. The van der Waals surface area contributed by atoms with Gasteiger partial charge in [0.2, 0.25) is 5.91 Å². The van der Waals surface area contributed by atoms with Gasteiger partial charge in [-0.3, -0.25) is 9.48 Å². The summed E-state index contributed by atoms with van der Waals surface area (Å²) >= 11 is 0. The van der Waals surface area contributed by atoms with Crippen LogP contribution in [0.5, 0.6) is 0 Å². The van der Waals surface area contributed by atoms with Crippen molar-refractivity contribution in [2.75, 3.05) is 6.54 Å². The van der Waals surface area contributed by atoms with Gasteiger partial charge in [0.1, 0.15) is 5.82 Å². The van der Waals surface area contributed by atoms with Crippen molar-refractivity contribution in [2.24, 2.45) is 7.05 Å². The number of carbonyl (C=O) groups is 1. The highest BCUT2D eigenvalue weighted by Gasteiger charge is 2.32. The Morgan fingerprint density at radius 1 is 1.32 bits per heavy atom. The number of nitrogens with zero attached hydrogens (tertiary/aromatic N) is 4. The molecule has 0 N–H and O–H groups in total. The number of likely N-dealkylation sites (tertiary alicyclic amines) is 1. The Morgan fingerprint density at radius 2 is 2.14 bits per heavy atom. The quantitative estimate of drug-likeness (QED) is 0.688. The van der Waals surface area contributed by atoms with Gasteiger partial charge in [-0.1, -0.05) is 23.4 Å². The van der Waals surface area contributed by atoms with Gasteiger partial charge in [0, 0.05) is 25.9 Å². The molecule has 28 heavy (non-hydrogen) atoms. The number of aromatic nitrogens is 3. The standard InChI is InChI=1S/C21H23FN4O2/c1-14-11-19(28-24-14)16-13-25(2)23-21(16)18-9-5-6-10-26(18)20(27)12-15-7-3-4-8-17(15)22/h3-4,7-8,11,13,18H,5-6,9-10,12H2,1-2H3. The molecule has 1 aliphatic heterocycles. The molecular formula is C21H23FN4O2. The SMILES string of the molecule is Cc1cc(-c2cn(C)nc2C2CCCCN2C(=O)Cc2ccccc2F)on1. The van der Waals surface area contributed by atoms with Gasteiger partial charge in [0.25, 0.3) is 0 Å². The number of piperidine rings is 1. The summed E-state index contributed by atoms with van der Waals surface area (Å²) < 4.78 is 21.2. The first-order chi connectivity index (χ1) is 13.5. The number of aryl methyl sites for hydroxylation is 2. The van der Waals surface area contributed by atoms with Crippen LogP contribution in [0, 0.1) is 12.7 Å². The highest BCUT2D eigenvalue weighted by Crippen LogP contribution is 2.36. The summed E-state index contributed by atoms with van der Waals surface area (Å²) in [5, 5.41) is 8.61. The van der Waals surface area contributed by atoms with Crippen LogP contribution >= 0.6 is 0 Å². The summed E-state index contributed by atoms with van der Waals surface area (Å²) in [6, 6.07) is 8.15. The van der Waals surface area contributed by atoms with Crippen molar-refractivity contribution >= 4 is 5.91 Å². The molecule has 146 valence electrons. The van der Waals surface area contributed by atoms with Crippen LogP contribution in [0.2, 0.25) is 0 Å². The fourth-order valence-electron chi connectivity index (χ4n) is 3.85. The number of amides is 1. The fraction of sp³-hybridized carbons (Fsp3) is 0.381. The lowest BCUT2D eigenvalue weighted by Crippen LogP contribution is -2.40. The molecule has 1 saturated heterocycles.